The van der Waals surface area contributed by atoms with Crippen LogP contribution in [0.2, 0.25) is 0 Å². The van der Waals surface area contributed by atoms with E-state index >= 15 is 0 Å². The lowest BCUT2D eigenvalue weighted by Crippen LogP contribution is -1.98. The molecule has 12 heavy (non-hydrogen) atoms. The smallest absolute Gasteiger partial charge is 0.311 e. The molecule has 0 aliphatic rings. The lowest BCUT2D eigenvalue weighted by atomic mass is 10.2. The van der Waals surface area contributed by atoms with Crippen LogP contribution in [0.25, 0.3) is 0 Å². The van der Waals surface area contributed by atoms with Gasteiger partial charge in [-0.25, -0.2) is 0 Å². The zero-order valence-electron chi connectivity index (χ0n) is 7.80. The molecule has 0 aromatic rings. The second kappa shape index (κ2) is 8.09. The fourth-order valence-corrected chi connectivity index (χ4v) is 0.746. The van der Waals surface area contributed by atoms with E-state index < -0.39 is 0 Å². The van der Waals surface area contributed by atoms with Crippen molar-refractivity contribution in [2.45, 2.75) is 39.5 Å². The van der Waals surface area contributed by atoms with E-state index in [2.05, 4.69) is 12.7 Å². The normalized spacial score (nSPS) is 8.50. The summed E-state index contributed by atoms with van der Waals surface area (Å²) in [6.07, 6.45) is 6.63. The lowest BCUT2D eigenvalue weighted by molar-refractivity contribution is -0.138. The van der Waals surface area contributed by atoms with Crippen LogP contribution in [0.5, 0.6) is 0 Å². The molecule has 68 valence electrons. The number of unbranched alkanes of at least 4 members (excludes halogenated alkanes) is 2. The second-order valence-electron chi connectivity index (χ2n) is 2.52. The standard InChI is InChI=1S/C10H16O2/c1-3-5-7-8-10(11)12-9-6-4-2/h4,9H,3,5,7-8H2,1-2H3. The highest BCUT2D eigenvalue weighted by atomic mass is 16.5. The fourth-order valence-electron chi connectivity index (χ4n) is 0.746. The molecule has 0 aromatic heterocycles. The first kappa shape index (κ1) is 11.0. The summed E-state index contributed by atoms with van der Waals surface area (Å²) in [5.74, 6) is -0.169. The van der Waals surface area contributed by atoms with E-state index in [1.165, 1.54) is 6.26 Å². The molecule has 0 aromatic carbocycles. The minimum Gasteiger partial charge on any atom is -0.426 e. The Hall–Kier alpha value is -1.01. The third kappa shape index (κ3) is 7.10. The van der Waals surface area contributed by atoms with Gasteiger partial charge in [-0.2, -0.15) is 0 Å². The number of carbonyl (C=O) groups excluding carboxylic acids is 1. The third-order valence-electron chi connectivity index (χ3n) is 1.41. The van der Waals surface area contributed by atoms with Gasteiger partial charge in [0.1, 0.15) is 6.26 Å². The molecule has 0 spiro atoms. The molecule has 0 bridgehead atoms. The monoisotopic (exact) mass is 168 g/mol. The molecule has 0 aliphatic heterocycles. The quantitative estimate of drug-likeness (QED) is 0.273. The van der Waals surface area contributed by atoms with Gasteiger partial charge in [0.25, 0.3) is 0 Å². The zero-order valence-corrected chi connectivity index (χ0v) is 7.80. The van der Waals surface area contributed by atoms with E-state index in [-0.39, 0.29) is 5.97 Å². The molecule has 0 saturated heterocycles. The molecule has 0 atom stereocenters. The number of rotatable bonds is 5. The molecule has 0 rings (SSSR count). The van der Waals surface area contributed by atoms with Crippen molar-refractivity contribution in [3.05, 3.63) is 18.1 Å². The van der Waals surface area contributed by atoms with Crippen LogP contribution in [0, 0.1) is 0 Å². The minimum atomic E-state index is -0.169. The van der Waals surface area contributed by atoms with E-state index in [1.807, 2.05) is 6.92 Å². The minimum absolute atomic E-state index is 0.169. The van der Waals surface area contributed by atoms with Crippen molar-refractivity contribution in [2.24, 2.45) is 0 Å². The molecule has 0 radical (unpaired) electrons. The first-order valence-electron chi connectivity index (χ1n) is 4.36. The Bertz CT molecular complexity index is 176. The predicted octanol–water partition coefficient (Wildman–Crippen LogP) is 2.80. The Labute approximate surface area is 73.9 Å². The van der Waals surface area contributed by atoms with Gasteiger partial charge in [-0.3, -0.25) is 4.79 Å². The summed E-state index contributed by atoms with van der Waals surface area (Å²) in [5.41, 5.74) is 2.68. The van der Waals surface area contributed by atoms with E-state index in [4.69, 9.17) is 4.74 Å². The van der Waals surface area contributed by atoms with Crippen LogP contribution in [0.4, 0.5) is 0 Å². The summed E-state index contributed by atoms with van der Waals surface area (Å²) in [7, 11) is 0. The Kier molecular flexibility index (Phi) is 7.41. The van der Waals surface area contributed by atoms with Gasteiger partial charge >= 0.3 is 5.97 Å². The van der Waals surface area contributed by atoms with Crippen molar-refractivity contribution in [1.29, 1.82) is 0 Å². The van der Waals surface area contributed by atoms with Crippen molar-refractivity contribution in [3.63, 3.8) is 0 Å². The van der Waals surface area contributed by atoms with Crippen LogP contribution in [0.15, 0.2) is 18.1 Å². The number of ether oxygens (including phenoxy) is 1. The summed E-state index contributed by atoms with van der Waals surface area (Å²) in [6, 6.07) is 0. The van der Waals surface area contributed by atoms with Crippen LogP contribution >= 0.6 is 0 Å². The van der Waals surface area contributed by atoms with Crippen molar-refractivity contribution in [2.75, 3.05) is 0 Å². The van der Waals surface area contributed by atoms with Crippen LogP contribution in [0.1, 0.15) is 39.5 Å². The molecule has 0 amide bonds. The van der Waals surface area contributed by atoms with Crippen LogP contribution < -0.4 is 0 Å². The molecule has 0 saturated carbocycles. The molecule has 0 fully saturated rings. The predicted molar refractivity (Wildman–Crippen MR) is 48.6 cm³/mol. The highest BCUT2D eigenvalue weighted by Crippen LogP contribution is 2.00. The highest BCUT2D eigenvalue weighted by molar-refractivity contribution is 5.69. The Morgan fingerprint density at radius 3 is 2.83 bits per heavy atom. The first-order valence-corrected chi connectivity index (χ1v) is 4.36. The number of hydrogen-bond acceptors (Lipinski definition) is 2. The molecule has 0 unspecified atom stereocenters. The Morgan fingerprint density at radius 1 is 1.50 bits per heavy atom. The topological polar surface area (TPSA) is 26.3 Å². The average Bonchev–Trinajstić information content (AvgIpc) is 2.06. The maximum absolute atomic E-state index is 10.9. The van der Waals surface area contributed by atoms with Gasteiger partial charge in [-0.15, -0.1) is 0 Å². The Balaban J connectivity index is 3.40. The van der Waals surface area contributed by atoms with Crippen molar-refractivity contribution in [1.82, 2.24) is 0 Å². The van der Waals surface area contributed by atoms with E-state index in [1.54, 1.807) is 6.08 Å². The SMILES string of the molecule is CC=C=COC(=O)CCCCC. The maximum atomic E-state index is 10.9. The molecule has 0 heterocycles. The van der Waals surface area contributed by atoms with Gasteiger partial charge in [-0.1, -0.05) is 25.5 Å². The van der Waals surface area contributed by atoms with Gasteiger partial charge in [0.05, 0.1) is 0 Å². The molecule has 2 heteroatoms. The largest absolute Gasteiger partial charge is 0.426 e. The van der Waals surface area contributed by atoms with Gasteiger partial charge in [0, 0.05) is 6.42 Å². The van der Waals surface area contributed by atoms with Crippen LogP contribution in [0.3, 0.4) is 0 Å². The van der Waals surface area contributed by atoms with Crippen molar-refractivity contribution in [3.8, 4) is 0 Å². The van der Waals surface area contributed by atoms with E-state index in [0.717, 1.165) is 19.3 Å². The molecular formula is C10H16O2. The lowest BCUT2D eigenvalue weighted by Gasteiger charge is -1.96. The summed E-state index contributed by atoms with van der Waals surface area (Å²) >= 11 is 0. The molecule has 0 N–H and O–H groups in total. The van der Waals surface area contributed by atoms with Gasteiger partial charge in [-0.05, 0) is 19.4 Å². The summed E-state index contributed by atoms with van der Waals surface area (Å²) in [4.78, 5) is 10.9. The van der Waals surface area contributed by atoms with Gasteiger partial charge in [0.2, 0.25) is 0 Å². The summed E-state index contributed by atoms with van der Waals surface area (Å²) in [6.45, 7) is 3.92. The highest BCUT2D eigenvalue weighted by Gasteiger charge is 1.98. The summed E-state index contributed by atoms with van der Waals surface area (Å²) < 4.78 is 4.72. The second-order valence-corrected chi connectivity index (χ2v) is 2.52. The van der Waals surface area contributed by atoms with Crippen LogP contribution in [-0.4, -0.2) is 5.97 Å². The first-order chi connectivity index (χ1) is 5.81. The van der Waals surface area contributed by atoms with E-state index in [0.29, 0.717) is 6.42 Å². The average molecular weight is 168 g/mol. The molecule has 0 aliphatic carbocycles. The zero-order chi connectivity index (χ0) is 9.23. The van der Waals surface area contributed by atoms with Crippen molar-refractivity contribution >= 4 is 5.97 Å². The van der Waals surface area contributed by atoms with E-state index in [9.17, 15) is 4.79 Å². The van der Waals surface area contributed by atoms with Gasteiger partial charge in [0.15, 0.2) is 0 Å². The molecular weight excluding hydrogens is 152 g/mol. The number of allylic oxidation sites excluding steroid dienone is 1. The maximum Gasteiger partial charge on any atom is 0.311 e. The van der Waals surface area contributed by atoms with Gasteiger partial charge < -0.3 is 4.74 Å². The van der Waals surface area contributed by atoms with Crippen LogP contribution in [-0.2, 0) is 9.53 Å². The number of hydrogen-bond donors (Lipinski definition) is 0. The summed E-state index contributed by atoms with van der Waals surface area (Å²) in [5, 5.41) is 0. The molecule has 2 nitrogen and oxygen atoms in total. The van der Waals surface area contributed by atoms with Crippen molar-refractivity contribution < 1.29 is 9.53 Å². The fraction of sp³-hybridized carbons (Fsp3) is 0.600. The number of carbonyl (C=O) groups is 1. The number of esters is 1. The third-order valence-corrected chi connectivity index (χ3v) is 1.41. The Morgan fingerprint density at radius 2 is 2.25 bits per heavy atom.